The van der Waals surface area contributed by atoms with E-state index < -0.39 is 6.10 Å². The summed E-state index contributed by atoms with van der Waals surface area (Å²) in [6.07, 6.45) is 1.62. The van der Waals surface area contributed by atoms with Crippen LogP contribution in [0, 0.1) is 5.82 Å². The van der Waals surface area contributed by atoms with Gasteiger partial charge in [0.05, 0.1) is 12.2 Å². The Balaban J connectivity index is 2.09. The zero-order chi connectivity index (χ0) is 14.1. The Morgan fingerprint density at radius 1 is 1.32 bits per heavy atom. The van der Waals surface area contributed by atoms with E-state index in [9.17, 15) is 9.50 Å². The Bertz CT molecular complexity index is 358. The highest BCUT2D eigenvalue weighted by Crippen LogP contribution is 2.12. The summed E-state index contributed by atoms with van der Waals surface area (Å²) in [5, 5.41) is 13.0. The van der Waals surface area contributed by atoms with E-state index in [0.717, 1.165) is 26.0 Å². The Hall–Kier alpha value is -0.970. The number of aliphatic hydroxyl groups excluding tert-OH is 1. The lowest BCUT2D eigenvalue weighted by molar-refractivity contribution is 0.0759. The molecule has 4 heteroatoms. The Kier molecular flexibility index (Phi) is 7.63. The summed E-state index contributed by atoms with van der Waals surface area (Å²) in [4.78, 5) is 0. The fraction of sp³-hybridized carbons (Fsp3) is 0.600. The smallest absolute Gasteiger partial charge is 0.123 e. The normalized spacial score (nSPS) is 12.9. The van der Waals surface area contributed by atoms with Crippen molar-refractivity contribution < 1.29 is 14.2 Å². The van der Waals surface area contributed by atoms with Crippen LogP contribution >= 0.6 is 0 Å². The Morgan fingerprint density at radius 2 is 2.11 bits per heavy atom. The summed E-state index contributed by atoms with van der Waals surface area (Å²) >= 11 is 0. The van der Waals surface area contributed by atoms with Crippen LogP contribution in [-0.2, 0) is 4.74 Å². The summed E-state index contributed by atoms with van der Waals surface area (Å²) in [5.74, 6) is -0.317. The van der Waals surface area contributed by atoms with Crippen LogP contribution in [0.2, 0.25) is 0 Å². The van der Waals surface area contributed by atoms with E-state index in [1.807, 2.05) is 13.8 Å². The molecule has 1 aromatic carbocycles. The van der Waals surface area contributed by atoms with Gasteiger partial charge in [-0.05, 0) is 50.9 Å². The molecule has 0 spiro atoms. The van der Waals surface area contributed by atoms with Crippen molar-refractivity contribution in [2.75, 3.05) is 19.7 Å². The minimum Gasteiger partial charge on any atom is -0.387 e. The quantitative estimate of drug-likeness (QED) is 0.677. The van der Waals surface area contributed by atoms with E-state index in [-0.39, 0.29) is 11.9 Å². The average molecular weight is 269 g/mol. The number of unbranched alkanes of at least 4 members (excludes halogenated alkanes) is 1. The molecule has 1 aromatic rings. The lowest BCUT2D eigenvalue weighted by Gasteiger charge is -2.12. The number of rotatable bonds is 9. The van der Waals surface area contributed by atoms with Crippen LogP contribution in [0.3, 0.4) is 0 Å². The molecule has 0 aliphatic heterocycles. The van der Waals surface area contributed by atoms with Gasteiger partial charge in [-0.15, -0.1) is 0 Å². The zero-order valence-electron chi connectivity index (χ0n) is 11.7. The van der Waals surface area contributed by atoms with Crippen molar-refractivity contribution in [3.63, 3.8) is 0 Å². The Labute approximate surface area is 114 Å². The third-order valence-corrected chi connectivity index (χ3v) is 2.77. The van der Waals surface area contributed by atoms with Gasteiger partial charge < -0.3 is 15.2 Å². The molecule has 3 nitrogen and oxygen atoms in total. The second-order valence-electron chi connectivity index (χ2n) is 4.90. The van der Waals surface area contributed by atoms with Gasteiger partial charge in [-0.3, -0.25) is 0 Å². The molecule has 0 aliphatic rings. The van der Waals surface area contributed by atoms with Gasteiger partial charge in [0, 0.05) is 13.2 Å². The standard InChI is InChI=1S/C15H24FNO2/c1-12(2)19-9-4-3-8-17-11-15(18)13-6-5-7-14(16)10-13/h5-7,10,12,15,17-18H,3-4,8-9,11H2,1-2H3. The lowest BCUT2D eigenvalue weighted by atomic mass is 10.1. The fourth-order valence-electron chi connectivity index (χ4n) is 1.74. The lowest BCUT2D eigenvalue weighted by Crippen LogP contribution is -2.23. The van der Waals surface area contributed by atoms with Crippen LogP contribution in [0.4, 0.5) is 4.39 Å². The number of aliphatic hydroxyl groups is 1. The van der Waals surface area contributed by atoms with Crippen LogP contribution in [0.1, 0.15) is 38.4 Å². The molecule has 0 amide bonds. The van der Waals surface area contributed by atoms with Gasteiger partial charge in [0.25, 0.3) is 0 Å². The van der Waals surface area contributed by atoms with Gasteiger partial charge in [0.1, 0.15) is 5.82 Å². The summed E-state index contributed by atoms with van der Waals surface area (Å²) in [6.45, 7) is 6.08. The fourth-order valence-corrected chi connectivity index (χ4v) is 1.74. The largest absolute Gasteiger partial charge is 0.387 e. The second-order valence-corrected chi connectivity index (χ2v) is 4.90. The topological polar surface area (TPSA) is 41.5 Å². The second kappa shape index (κ2) is 9.02. The maximum Gasteiger partial charge on any atom is 0.123 e. The van der Waals surface area contributed by atoms with Gasteiger partial charge in [-0.25, -0.2) is 4.39 Å². The molecule has 0 saturated heterocycles. The van der Waals surface area contributed by atoms with Crippen molar-refractivity contribution in [1.82, 2.24) is 5.32 Å². The first kappa shape index (κ1) is 16.1. The van der Waals surface area contributed by atoms with E-state index >= 15 is 0 Å². The van der Waals surface area contributed by atoms with E-state index in [4.69, 9.17) is 4.74 Å². The van der Waals surface area contributed by atoms with Crippen LogP contribution in [-0.4, -0.2) is 30.9 Å². The first-order chi connectivity index (χ1) is 9.09. The Morgan fingerprint density at radius 3 is 2.79 bits per heavy atom. The number of hydrogen-bond acceptors (Lipinski definition) is 3. The van der Waals surface area contributed by atoms with Crippen LogP contribution in [0.25, 0.3) is 0 Å². The van der Waals surface area contributed by atoms with Crippen LogP contribution in [0.15, 0.2) is 24.3 Å². The van der Waals surface area contributed by atoms with E-state index in [1.165, 1.54) is 12.1 Å². The monoisotopic (exact) mass is 269 g/mol. The third kappa shape index (κ3) is 7.25. The molecule has 0 saturated carbocycles. The molecular weight excluding hydrogens is 245 g/mol. The predicted molar refractivity (Wildman–Crippen MR) is 74.6 cm³/mol. The molecule has 1 unspecified atom stereocenters. The predicted octanol–water partition coefficient (Wildman–Crippen LogP) is 2.65. The highest BCUT2D eigenvalue weighted by molar-refractivity contribution is 5.18. The minimum absolute atomic E-state index is 0.280. The number of ether oxygens (including phenoxy) is 1. The molecule has 1 atom stereocenters. The van der Waals surface area contributed by atoms with Crippen molar-refractivity contribution in [2.45, 2.75) is 38.9 Å². The van der Waals surface area contributed by atoms with Crippen molar-refractivity contribution in [3.05, 3.63) is 35.6 Å². The number of nitrogens with one attached hydrogen (secondary N) is 1. The number of hydrogen-bond donors (Lipinski definition) is 2. The van der Waals surface area contributed by atoms with Gasteiger partial charge in [-0.2, -0.15) is 0 Å². The van der Waals surface area contributed by atoms with Gasteiger partial charge >= 0.3 is 0 Å². The zero-order valence-corrected chi connectivity index (χ0v) is 11.7. The van der Waals surface area contributed by atoms with Crippen molar-refractivity contribution >= 4 is 0 Å². The molecule has 0 fully saturated rings. The molecule has 0 aromatic heterocycles. The van der Waals surface area contributed by atoms with Crippen molar-refractivity contribution in [2.24, 2.45) is 0 Å². The third-order valence-electron chi connectivity index (χ3n) is 2.77. The highest BCUT2D eigenvalue weighted by atomic mass is 19.1. The number of halogens is 1. The highest BCUT2D eigenvalue weighted by Gasteiger charge is 2.07. The summed E-state index contributed by atoms with van der Waals surface area (Å²) in [7, 11) is 0. The van der Waals surface area contributed by atoms with Crippen LogP contribution < -0.4 is 5.32 Å². The van der Waals surface area contributed by atoms with Gasteiger partial charge in [0.15, 0.2) is 0 Å². The molecule has 0 bridgehead atoms. The molecule has 0 radical (unpaired) electrons. The summed E-state index contributed by atoms with van der Waals surface area (Å²) in [6, 6.07) is 6.07. The van der Waals surface area contributed by atoms with Crippen molar-refractivity contribution in [3.8, 4) is 0 Å². The SMILES string of the molecule is CC(C)OCCCCNCC(O)c1cccc(F)c1. The van der Waals surface area contributed by atoms with Gasteiger partial charge in [0.2, 0.25) is 0 Å². The molecule has 108 valence electrons. The van der Waals surface area contributed by atoms with E-state index in [1.54, 1.807) is 12.1 Å². The summed E-state index contributed by atoms with van der Waals surface area (Å²) < 4.78 is 18.4. The molecule has 1 rings (SSSR count). The van der Waals surface area contributed by atoms with E-state index in [2.05, 4.69) is 5.32 Å². The van der Waals surface area contributed by atoms with Gasteiger partial charge in [-0.1, -0.05) is 12.1 Å². The maximum absolute atomic E-state index is 13.0. The molecule has 0 heterocycles. The average Bonchev–Trinajstić information content (AvgIpc) is 2.37. The first-order valence-corrected chi connectivity index (χ1v) is 6.85. The first-order valence-electron chi connectivity index (χ1n) is 6.85. The van der Waals surface area contributed by atoms with E-state index in [0.29, 0.717) is 12.1 Å². The molecule has 19 heavy (non-hydrogen) atoms. The van der Waals surface area contributed by atoms with Crippen LogP contribution in [0.5, 0.6) is 0 Å². The molecule has 2 N–H and O–H groups in total. The van der Waals surface area contributed by atoms with Crippen molar-refractivity contribution in [1.29, 1.82) is 0 Å². The number of benzene rings is 1. The maximum atomic E-state index is 13.0. The minimum atomic E-state index is -0.664. The molecular formula is C15H24FNO2. The summed E-state index contributed by atoms with van der Waals surface area (Å²) in [5.41, 5.74) is 0.607. The molecule has 0 aliphatic carbocycles.